The summed E-state index contributed by atoms with van der Waals surface area (Å²) >= 11 is 0. The van der Waals surface area contributed by atoms with Crippen LogP contribution in [-0.2, 0) is 22.7 Å². The van der Waals surface area contributed by atoms with Gasteiger partial charge in [0.2, 0.25) is 15.8 Å². The van der Waals surface area contributed by atoms with Crippen molar-refractivity contribution in [2.75, 3.05) is 36.1 Å². The molecule has 7 nitrogen and oxygen atoms in total. The SMILES string of the molecule is CS(=O)(=O)N1CC2CC2(CNc2ncnc(N(Cc3ccc(C(F)(F)F)cc3)C3CC3)c2F)C1. The molecule has 0 radical (unpaired) electrons. The van der Waals surface area contributed by atoms with Crippen molar-refractivity contribution in [3.8, 4) is 0 Å². The van der Waals surface area contributed by atoms with E-state index >= 15 is 4.39 Å². The van der Waals surface area contributed by atoms with Gasteiger partial charge in [-0.3, -0.25) is 0 Å². The van der Waals surface area contributed by atoms with Crippen molar-refractivity contribution in [3.05, 3.63) is 47.5 Å². The molecule has 2 aliphatic carbocycles. The number of piperidine rings is 1. The molecule has 2 heterocycles. The van der Waals surface area contributed by atoms with Gasteiger partial charge in [0, 0.05) is 37.6 Å². The number of alkyl halides is 3. The molecule has 2 aromatic rings. The topological polar surface area (TPSA) is 78.4 Å². The molecule has 2 atom stereocenters. The Labute approximate surface area is 195 Å². The van der Waals surface area contributed by atoms with E-state index in [-0.39, 0.29) is 35.6 Å². The summed E-state index contributed by atoms with van der Waals surface area (Å²) in [6.45, 7) is 1.52. The van der Waals surface area contributed by atoms with Crippen molar-refractivity contribution < 1.29 is 26.0 Å². The standard InChI is InChI=1S/C22H25F4N5O2S/c1-34(32,33)30-10-16-8-21(16,12-30)11-27-19-18(23)20(29-13-28-19)31(17-6-7-17)9-14-2-4-15(5-3-14)22(24,25)26/h2-5,13,16-17H,6-12H2,1H3,(H,27,28,29). The first kappa shape index (κ1) is 23.3. The van der Waals surface area contributed by atoms with Gasteiger partial charge in [0.05, 0.1) is 11.8 Å². The van der Waals surface area contributed by atoms with Gasteiger partial charge in [-0.25, -0.2) is 22.7 Å². The van der Waals surface area contributed by atoms with Crippen LogP contribution < -0.4 is 10.2 Å². The van der Waals surface area contributed by atoms with Crippen molar-refractivity contribution in [2.24, 2.45) is 11.3 Å². The Balaban J connectivity index is 1.30. The van der Waals surface area contributed by atoms with Gasteiger partial charge in [-0.1, -0.05) is 12.1 Å². The highest BCUT2D eigenvalue weighted by Crippen LogP contribution is 2.58. The number of hydrogen-bond acceptors (Lipinski definition) is 6. The van der Waals surface area contributed by atoms with Crippen molar-refractivity contribution in [3.63, 3.8) is 0 Å². The molecular weight excluding hydrogens is 474 g/mol. The number of sulfonamides is 1. The second-order valence-electron chi connectivity index (χ2n) is 9.59. The quantitative estimate of drug-likeness (QED) is 0.561. The van der Waals surface area contributed by atoms with E-state index in [4.69, 9.17) is 0 Å². The largest absolute Gasteiger partial charge is 0.416 e. The minimum absolute atomic E-state index is 0.0425. The van der Waals surface area contributed by atoms with Crippen molar-refractivity contribution in [2.45, 2.75) is 38.0 Å². The molecular formula is C22H25F4N5O2S. The van der Waals surface area contributed by atoms with Crippen LogP contribution in [0.2, 0.25) is 0 Å². The molecule has 0 bridgehead atoms. The number of nitrogens with one attached hydrogen (secondary N) is 1. The maximum absolute atomic E-state index is 15.4. The monoisotopic (exact) mass is 499 g/mol. The van der Waals surface area contributed by atoms with Gasteiger partial charge in [0.15, 0.2) is 11.6 Å². The third kappa shape index (κ3) is 4.57. The Bertz CT molecular complexity index is 1190. The average Bonchev–Trinajstić information content (AvgIpc) is 3.69. The number of nitrogens with zero attached hydrogens (tertiary/aromatic N) is 4. The van der Waals surface area contributed by atoms with Crippen LogP contribution in [0.4, 0.5) is 29.2 Å². The average molecular weight is 500 g/mol. The number of benzene rings is 1. The molecule has 0 spiro atoms. The fourth-order valence-corrected chi connectivity index (χ4v) is 5.72. The predicted octanol–water partition coefficient (Wildman–Crippen LogP) is 3.50. The summed E-state index contributed by atoms with van der Waals surface area (Å²) in [6, 6.07) is 4.91. The van der Waals surface area contributed by atoms with E-state index in [1.165, 1.54) is 29.0 Å². The lowest BCUT2D eigenvalue weighted by Gasteiger charge is -2.25. The highest BCUT2D eigenvalue weighted by atomic mass is 32.2. The van der Waals surface area contributed by atoms with E-state index in [1.54, 1.807) is 4.90 Å². The number of fused-ring (bicyclic) bond motifs is 1. The molecule has 1 aromatic heterocycles. The van der Waals surface area contributed by atoms with Gasteiger partial charge in [-0.2, -0.15) is 17.6 Å². The van der Waals surface area contributed by atoms with E-state index in [9.17, 15) is 21.6 Å². The summed E-state index contributed by atoms with van der Waals surface area (Å²) in [5.74, 6) is -0.218. The lowest BCUT2D eigenvalue weighted by atomic mass is 10.1. The normalized spacial score (nSPS) is 24.7. The number of rotatable bonds is 8. The summed E-state index contributed by atoms with van der Waals surface area (Å²) in [5.41, 5.74) is -0.316. The number of halogens is 4. The molecule has 2 saturated carbocycles. The first-order valence-electron chi connectivity index (χ1n) is 11.1. The summed E-state index contributed by atoms with van der Waals surface area (Å²) in [4.78, 5) is 9.95. The Morgan fingerprint density at radius 1 is 1.21 bits per heavy atom. The molecule has 3 fully saturated rings. The van der Waals surface area contributed by atoms with E-state index < -0.39 is 27.6 Å². The highest BCUT2D eigenvalue weighted by molar-refractivity contribution is 7.88. The van der Waals surface area contributed by atoms with E-state index in [1.807, 2.05) is 0 Å². The first-order chi connectivity index (χ1) is 16.0. The molecule has 1 aromatic carbocycles. The molecule has 1 N–H and O–H groups in total. The zero-order valence-electron chi connectivity index (χ0n) is 18.5. The summed E-state index contributed by atoms with van der Waals surface area (Å²) in [6.07, 6.45) is 0.623. The van der Waals surface area contributed by atoms with Crippen LogP contribution in [0.1, 0.15) is 30.4 Å². The van der Waals surface area contributed by atoms with Crippen LogP contribution in [0.25, 0.3) is 0 Å². The van der Waals surface area contributed by atoms with Gasteiger partial charge in [-0.05, 0) is 42.9 Å². The summed E-state index contributed by atoms with van der Waals surface area (Å²) < 4.78 is 79.2. The van der Waals surface area contributed by atoms with Crippen LogP contribution in [0, 0.1) is 17.2 Å². The third-order valence-corrected chi connectivity index (χ3v) is 8.23. The third-order valence-electron chi connectivity index (χ3n) is 7.02. The lowest BCUT2D eigenvalue weighted by Crippen LogP contribution is -2.33. The van der Waals surface area contributed by atoms with E-state index in [2.05, 4.69) is 15.3 Å². The van der Waals surface area contributed by atoms with Gasteiger partial charge < -0.3 is 10.2 Å². The van der Waals surface area contributed by atoms with Crippen molar-refractivity contribution in [1.82, 2.24) is 14.3 Å². The fraction of sp³-hybridized carbons (Fsp3) is 0.545. The van der Waals surface area contributed by atoms with Crippen LogP contribution in [0.3, 0.4) is 0 Å². The molecule has 184 valence electrons. The van der Waals surface area contributed by atoms with Gasteiger partial charge >= 0.3 is 6.18 Å². The van der Waals surface area contributed by atoms with Gasteiger partial charge in [0.1, 0.15) is 6.33 Å². The second-order valence-corrected chi connectivity index (χ2v) is 11.6. The predicted molar refractivity (Wildman–Crippen MR) is 118 cm³/mol. The maximum Gasteiger partial charge on any atom is 0.416 e. The Kier molecular flexibility index (Phi) is 5.51. The Morgan fingerprint density at radius 3 is 2.50 bits per heavy atom. The fourth-order valence-electron chi connectivity index (χ4n) is 4.77. The van der Waals surface area contributed by atoms with Crippen molar-refractivity contribution in [1.29, 1.82) is 0 Å². The van der Waals surface area contributed by atoms with Crippen LogP contribution >= 0.6 is 0 Å². The first-order valence-corrected chi connectivity index (χ1v) is 12.9. The number of hydrogen-bond donors (Lipinski definition) is 1. The highest BCUT2D eigenvalue weighted by Gasteiger charge is 2.61. The summed E-state index contributed by atoms with van der Waals surface area (Å²) in [5, 5.41) is 3.05. The van der Waals surface area contributed by atoms with Crippen LogP contribution in [0.5, 0.6) is 0 Å². The zero-order chi connectivity index (χ0) is 24.3. The molecule has 5 rings (SSSR count). The molecule has 1 saturated heterocycles. The molecule has 1 aliphatic heterocycles. The molecule has 0 amide bonds. The van der Waals surface area contributed by atoms with E-state index in [0.717, 1.165) is 31.4 Å². The minimum atomic E-state index is -4.41. The smallest absolute Gasteiger partial charge is 0.367 e. The Hall–Kier alpha value is -2.47. The second kappa shape index (κ2) is 8.04. The summed E-state index contributed by atoms with van der Waals surface area (Å²) in [7, 11) is -3.26. The molecule has 34 heavy (non-hydrogen) atoms. The van der Waals surface area contributed by atoms with E-state index in [0.29, 0.717) is 25.2 Å². The Morgan fingerprint density at radius 2 is 1.91 bits per heavy atom. The number of aromatic nitrogens is 2. The molecule has 3 aliphatic rings. The van der Waals surface area contributed by atoms with Crippen LogP contribution in [-0.4, -0.2) is 54.6 Å². The minimum Gasteiger partial charge on any atom is -0.367 e. The molecule has 12 heteroatoms. The van der Waals surface area contributed by atoms with Gasteiger partial charge in [0.25, 0.3) is 0 Å². The van der Waals surface area contributed by atoms with Crippen molar-refractivity contribution >= 4 is 21.7 Å². The molecule has 2 unspecified atom stereocenters. The number of anilines is 2. The lowest BCUT2D eigenvalue weighted by molar-refractivity contribution is -0.137. The zero-order valence-corrected chi connectivity index (χ0v) is 19.3. The van der Waals surface area contributed by atoms with Gasteiger partial charge in [-0.15, -0.1) is 0 Å². The van der Waals surface area contributed by atoms with Crippen LogP contribution in [0.15, 0.2) is 30.6 Å². The maximum atomic E-state index is 15.4.